The molecule has 144 valence electrons. The summed E-state index contributed by atoms with van der Waals surface area (Å²) in [5, 5.41) is 0. The third-order valence-electron chi connectivity index (χ3n) is 4.92. The lowest BCUT2D eigenvalue weighted by molar-refractivity contribution is -0.130. The van der Waals surface area contributed by atoms with Crippen LogP contribution in [0, 0.1) is 17.6 Å². The van der Waals surface area contributed by atoms with Gasteiger partial charge in [-0.1, -0.05) is 12.1 Å². The van der Waals surface area contributed by atoms with Gasteiger partial charge in [-0.3, -0.25) is 4.79 Å². The number of likely N-dealkylation sites (tertiary alicyclic amines) is 1. The summed E-state index contributed by atoms with van der Waals surface area (Å²) in [5.74, 6) is -1.30. The molecule has 1 saturated heterocycles. The zero-order valence-electron chi connectivity index (χ0n) is 15.0. The molecule has 0 atom stereocenters. The smallest absolute Gasteiger partial charge is 0.219 e. The number of carbonyl (C=O) groups excluding carboxylic acids is 1. The molecule has 1 aliphatic heterocycles. The molecule has 0 radical (unpaired) electrons. The maximum absolute atomic E-state index is 13.4. The number of amides is 1. The highest BCUT2D eigenvalue weighted by Crippen LogP contribution is 2.26. The second-order valence-electron chi connectivity index (χ2n) is 6.91. The molecule has 0 saturated carbocycles. The van der Waals surface area contributed by atoms with Crippen molar-refractivity contribution in [1.82, 2.24) is 4.90 Å². The van der Waals surface area contributed by atoms with Gasteiger partial charge in [-0.05, 0) is 54.2 Å². The molecule has 0 unspecified atom stereocenters. The summed E-state index contributed by atoms with van der Waals surface area (Å²) in [6.07, 6.45) is 1.33. The van der Waals surface area contributed by atoms with Gasteiger partial charge in [0.15, 0.2) is 9.84 Å². The van der Waals surface area contributed by atoms with Crippen molar-refractivity contribution in [2.24, 2.45) is 5.92 Å². The van der Waals surface area contributed by atoms with Crippen LogP contribution in [0.25, 0.3) is 11.1 Å². The maximum atomic E-state index is 13.4. The SMILES string of the molecule is CC(=O)N1CCC(CS(=O)(=O)c2ccc(-c3cc(F)cc(F)c3)cc2)CC1. The Morgan fingerprint density at radius 1 is 1.00 bits per heavy atom. The fourth-order valence-corrected chi connectivity index (χ4v) is 5.09. The Morgan fingerprint density at radius 3 is 2.07 bits per heavy atom. The van der Waals surface area contributed by atoms with Crippen molar-refractivity contribution in [3.63, 3.8) is 0 Å². The Morgan fingerprint density at radius 2 is 1.56 bits per heavy atom. The van der Waals surface area contributed by atoms with Crippen LogP contribution in [0.3, 0.4) is 0 Å². The van der Waals surface area contributed by atoms with Crippen molar-refractivity contribution in [3.05, 3.63) is 54.1 Å². The van der Waals surface area contributed by atoms with Gasteiger partial charge in [-0.2, -0.15) is 0 Å². The Kier molecular flexibility index (Phi) is 5.60. The minimum atomic E-state index is -3.46. The largest absolute Gasteiger partial charge is 0.343 e. The molecule has 1 amide bonds. The van der Waals surface area contributed by atoms with Crippen LogP contribution in [-0.2, 0) is 14.6 Å². The highest BCUT2D eigenvalue weighted by molar-refractivity contribution is 7.91. The van der Waals surface area contributed by atoms with E-state index >= 15 is 0 Å². The number of hydrogen-bond donors (Lipinski definition) is 0. The molecule has 3 rings (SSSR count). The van der Waals surface area contributed by atoms with Crippen molar-refractivity contribution in [2.45, 2.75) is 24.7 Å². The van der Waals surface area contributed by atoms with E-state index in [1.165, 1.54) is 31.2 Å². The molecule has 7 heteroatoms. The lowest BCUT2D eigenvalue weighted by atomic mass is 9.99. The Balaban J connectivity index is 1.71. The minimum Gasteiger partial charge on any atom is -0.343 e. The van der Waals surface area contributed by atoms with Gasteiger partial charge in [0.2, 0.25) is 5.91 Å². The lowest BCUT2D eigenvalue weighted by Gasteiger charge is -2.31. The average Bonchev–Trinajstić information content (AvgIpc) is 2.61. The van der Waals surface area contributed by atoms with E-state index in [0.29, 0.717) is 37.1 Å². The first kappa shape index (κ1) is 19.5. The zero-order chi connectivity index (χ0) is 19.6. The van der Waals surface area contributed by atoms with Crippen LogP contribution < -0.4 is 0 Å². The van der Waals surface area contributed by atoms with Gasteiger partial charge in [-0.15, -0.1) is 0 Å². The van der Waals surface area contributed by atoms with Crippen LogP contribution in [-0.4, -0.2) is 38.1 Å². The molecule has 0 aromatic heterocycles. The van der Waals surface area contributed by atoms with E-state index in [0.717, 1.165) is 6.07 Å². The molecule has 0 spiro atoms. The van der Waals surface area contributed by atoms with Gasteiger partial charge in [0.05, 0.1) is 10.6 Å². The second kappa shape index (κ2) is 7.76. The van der Waals surface area contributed by atoms with E-state index in [-0.39, 0.29) is 22.5 Å². The van der Waals surface area contributed by atoms with Crippen LogP contribution in [0.5, 0.6) is 0 Å². The summed E-state index contributed by atoms with van der Waals surface area (Å²) in [4.78, 5) is 13.3. The van der Waals surface area contributed by atoms with E-state index in [9.17, 15) is 22.0 Å². The van der Waals surface area contributed by atoms with Gasteiger partial charge in [-0.25, -0.2) is 17.2 Å². The van der Waals surface area contributed by atoms with Gasteiger partial charge in [0.25, 0.3) is 0 Å². The number of piperidine rings is 1. The first-order valence-corrected chi connectivity index (χ1v) is 10.4. The van der Waals surface area contributed by atoms with Crippen molar-refractivity contribution < 1.29 is 22.0 Å². The molecule has 27 heavy (non-hydrogen) atoms. The van der Waals surface area contributed by atoms with Gasteiger partial charge >= 0.3 is 0 Å². The monoisotopic (exact) mass is 393 g/mol. The molecule has 0 aliphatic carbocycles. The zero-order valence-corrected chi connectivity index (χ0v) is 15.8. The van der Waals surface area contributed by atoms with Gasteiger partial charge in [0.1, 0.15) is 11.6 Å². The van der Waals surface area contributed by atoms with Crippen molar-refractivity contribution in [1.29, 1.82) is 0 Å². The first-order valence-electron chi connectivity index (χ1n) is 8.79. The highest BCUT2D eigenvalue weighted by atomic mass is 32.2. The molecule has 1 fully saturated rings. The van der Waals surface area contributed by atoms with Crippen LogP contribution in [0.2, 0.25) is 0 Å². The van der Waals surface area contributed by atoms with Gasteiger partial charge < -0.3 is 4.90 Å². The number of benzene rings is 2. The summed E-state index contributed by atoms with van der Waals surface area (Å²) >= 11 is 0. The van der Waals surface area contributed by atoms with Crippen LogP contribution in [0.1, 0.15) is 19.8 Å². The van der Waals surface area contributed by atoms with Crippen molar-refractivity contribution >= 4 is 15.7 Å². The first-order chi connectivity index (χ1) is 12.7. The molecule has 4 nitrogen and oxygen atoms in total. The van der Waals surface area contributed by atoms with Gasteiger partial charge in [0, 0.05) is 26.1 Å². The molecule has 0 N–H and O–H groups in total. The average molecular weight is 393 g/mol. The molecule has 1 aliphatic rings. The molecule has 2 aromatic rings. The predicted molar refractivity (Wildman–Crippen MR) is 98.8 cm³/mol. The minimum absolute atomic E-state index is 0.0145. The van der Waals surface area contributed by atoms with Crippen molar-refractivity contribution in [2.75, 3.05) is 18.8 Å². The summed E-state index contributed by atoms with van der Waals surface area (Å²) in [5.41, 5.74) is 0.898. The van der Waals surface area contributed by atoms with E-state index in [4.69, 9.17) is 0 Å². The molecule has 1 heterocycles. The van der Waals surface area contributed by atoms with Crippen LogP contribution >= 0.6 is 0 Å². The number of hydrogen-bond acceptors (Lipinski definition) is 3. The molecule has 0 bridgehead atoms. The number of rotatable bonds is 4. The second-order valence-corrected chi connectivity index (χ2v) is 8.95. The topological polar surface area (TPSA) is 54.5 Å². The number of carbonyl (C=O) groups is 1. The molecule has 2 aromatic carbocycles. The Labute approximate surface area is 157 Å². The van der Waals surface area contributed by atoms with E-state index in [2.05, 4.69) is 0 Å². The quantitative estimate of drug-likeness (QED) is 0.797. The fraction of sp³-hybridized carbons (Fsp3) is 0.350. The summed E-state index contributed by atoms with van der Waals surface area (Å²) < 4.78 is 52.1. The van der Waals surface area contributed by atoms with Crippen LogP contribution in [0.4, 0.5) is 8.78 Å². The Bertz CT molecular complexity index is 914. The Hall–Kier alpha value is -2.28. The standard InChI is InChI=1S/C20H21F2NO3S/c1-14(24)23-8-6-15(7-9-23)13-27(25,26)20-4-2-16(3-5-20)17-10-18(21)12-19(22)11-17/h2-5,10-12,15H,6-9,13H2,1H3. The number of halogens is 2. The summed E-state index contributed by atoms with van der Waals surface area (Å²) in [7, 11) is -3.46. The predicted octanol–water partition coefficient (Wildman–Crippen LogP) is 3.66. The normalized spacial score (nSPS) is 15.7. The molecular weight excluding hydrogens is 372 g/mol. The van der Waals surface area contributed by atoms with Crippen molar-refractivity contribution in [3.8, 4) is 11.1 Å². The molecular formula is C20H21F2NO3S. The lowest BCUT2D eigenvalue weighted by Crippen LogP contribution is -2.38. The fourth-order valence-electron chi connectivity index (χ4n) is 3.40. The summed E-state index contributed by atoms with van der Waals surface area (Å²) in [6.45, 7) is 2.68. The maximum Gasteiger partial charge on any atom is 0.219 e. The van der Waals surface area contributed by atoms with Crippen LogP contribution in [0.15, 0.2) is 47.4 Å². The van der Waals surface area contributed by atoms with E-state index < -0.39 is 21.5 Å². The number of nitrogens with zero attached hydrogens (tertiary/aromatic N) is 1. The van der Waals surface area contributed by atoms with E-state index in [1.54, 1.807) is 17.0 Å². The van der Waals surface area contributed by atoms with E-state index in [1.807, 2.05) is 0 Å². The number of sulfone groups is 1. The highest BCUT2D eigenvalue weighted by Gasteiger charge is 2.26. The third kappa shape index (κ3) is 4.71. The summed E-state index contributed by atoms with van der Waals surface area (Å²) in [6, 6.07) is 9.25. The third-order valence-corrected chi connectivity index (χ3v) is 6.82.